The van der Waals surface area contributed by atoms with Crippen LogP contribution in [0.2, 0.25) is 0 Å². The third kappa shape index (κ3) is 4.38. The van der Waals surface area contributed by atoms with Crippen LogP contribution in [-0.2, 0) is 15.9 Å². The molecule has 1 aromatic carbocycles. The molecule has 0 aliphatic carbocycles. The molecule has 0 fully saturated rings. The summed E-state index contributed by atoms with van der Waals surface area (Å²) in [6.45, 7) is 3.88. The molecule has 120 valence electrons. The fourth-order valence-electron chi connectivity index (χ4n) is 2.10. The zero-order valence-electron chi connectivity index (χ0n) is 12.7. The van der Waals surface area contributed by atoms with Crippen molar-refractivity contribution in [1.29, 1.82) is 0 Å². The van der Waals surface area contributed by atoms with Gasteiger partial charge in [-0.2, -0.15) is 16.1 Å². The van der Waals surface area contributed by atoms with E-state index in [-0.39, 0.29) is 6.04 Å². The minimum absolute atomic E-state index is 0.0168. The SMILES string of the molecule is CCC(CSC)N(C)S(=O)(=O)c1cc(CCl)cc(C)c1Br. The van der Waals surface area contributed by atoms with Crippen molar-refractivity contribution >= 4 is 49.3 Å². The maximum Gasteiger partial charge on any atom is 0.244 e. The lowest BCUT2D eigenvalue weighted by Crippen LogP contribution is -2.38. The lowest BCUT2D eigenvalue weighted by atomic mass is 10.2. The van der Waals surface area contributed by atoms with E-state index in [9.17, 15) is 8.42 Å². The number of thioether (sulfide) groups is 1. The van der Waals surface area contributed by atoms with Gasteiger partial charge in [-0.1, -0.05) is 13.0 Å². The smallest absolute Gasteiger partial charge is 0.207 e. The van der Waals surface area contributed by atoms with Gasteiger partial charge in [0, 0.05) is 29.2 Å². The van der Waals surface area contributed by atoms with Crippen LogP contribution in [0.5, 0.6) is 0 Å². The molecule has 0 heterocycles. The molecule has 0 bridgehead atoms. The Morgan fingerprint density at radius 1 is 1.43 bits per heavy atom. The summed E-state index contributed by atoms with van der Waals surface area (Å²) in [6.07, 6.45) is 2.76. The van der Waals surface area contributed by atoms with Crippen molar-refractivity contribution in [3.8, 4) is 0 Å². The molecule has 0 N–H and O–H groups in total. The molecular weight excluding hydrogens is 394 g/mol. The normalized spacial score (nSPS) is 13.7. The topological polar surface area (TPSA) is 37.4 Å². The summed E-state index contributed by atoms with van der Waals surface area (Å²) in [6, 6.07) is 3.54. The van der Waals surface area contributed by atoms with Gasteiger partial charge in [-0.25, -0.2) is 8.42 Å². The highest BCUT2D eigenvalue weighted by Gasteiger charge is 2.29. The number of halogens is 2. The summed E-state index contributed by atoms with van der Waals surface area (Å²) in [4.78, 5) is 0.292. The molecule has 0 aliphatic rings. The Morgan fingerprint density at radius 2 is 2.05 bits per heavy atom. The molecule has 3 nitrogen and oxygen atoms in total. The molecular formula is C14H21BrClNO2S2. The molecule has 0 radical (unpaired) electrons. The highest BCUT2D eigenvalue weighted by atomic mass is 79.9. The number of hydrogen-bond donors (Lipinski definition) is 0. The van der Waals surface area contributed by atoms with Gasteiger partial charge in [-0.05, 0) is 52.7 Å². The van der Waals surface area contributed by atoms with Crippen LogP contribution in [0.25, 0.3) is 0 Å². The van der Waals surface area contributed by atoms with Crippen LogP contribution in [0.4, 0.5) is 0 Å². The highest BCUT2D eigenvalue weighted by molar-refractivity contribution is 9.10. The van der Waals surface area contributed by atoms with E-state index >= 15 is 0 Å². The Kier molecular flexibility index (Phi) is 7.54. The van der Waals surface area contributed by atoms with Gasteiger partial charge in [0.2, 0.25) is 10.0 Å². The van der Waals surface area contributed by atoms with E-state index < -0.39 is 10.0 Å². The van der Waals surface area contributed by atoms with E-state index in [4.69, 9.17) is 11.6 Å². The molecule has 0 saturated heterocycles. The van der Waals surface area contributed by atoms with E-state index in [0.717, 1.165) is 23.3 Å². The quantitative estimate of drug-likeness (QED) is 0.626. The van der Waals surface area contributed by atoms with Gasteiger partial charge < -0.3 is 0 Å². The lowest BCUT2D eigenvalue weighted by Gasteiger charge is -2.27. The van der Waals surface area contributed by atoms with Crippen molar-refractivity contribution in [2.45, 2.75) is 37.1 Å². The summed E-state index contributed by atoms with van der Waals surface area (Å²) < 4.78 is 27.9. The second kappa shape index (κ2) is 8.20. The number of benzene rings is 1. The minimum atomic E-state index is -3.54. The van der Waals surface area contributed by atoms with Crippen molar-refractivity contribution in [2.75, 3.05) is 19.1 Å². The Hall–Kier alpha value is 0.250. The molecule has 1 rings (SSSR count). The fourth-order valence-corrected chi connectivity index (χ4v) is 5.65. The fraction of sp³-hybridized carbons (Fsp3) is 0.571. The van der Waals surface area contributed by atoms with Crippen molar-refractivity contribution < 1.29 is 8.42 Å². The first kappa shape index (κ1) is 19.3. The standard InChI is InChI=1S/C14H21BrClNO2S2/c1-5-12(9-20-4)17(3)21(18,19)13-7-11(8-16)6-10(2)14(13)15/h6-7,12H,5,8-9H2,1-4H3. The minimum Gasteiger partial charge on any atom is -0.207 e. The summed E-state index contributed by atoms with van der Waals surface area (Å²) in [5.74, 6) is 1.07. The third-order valence-electron chi connectivity index (χ3n) is 3.44. The average Bonchev–Trinajstić information content (AvgIpc) is 2.46. The Balaban J connectivity index is 3.33. The largest absolute Gasteiger partial charge is 0.244 e. The second-order valence-corrected chi connectivity index (χ2v) is 8.83. The van der Waals surface area contributed by atoms with Crippen LogP contribution in [-0.4, -0.2) is 37.8 Å². The van der Waals surface area contributed by atoms with Crippen molar-refractivity contribution in [2.24, 2.45) is 0 Å². The van der Waals surface area contributed by atoms with Crippen LogP contribution >= 0.6 is 39.3 Å². The summed E-state index contributed by atoms with van der Waals surface area (Å²) in [5, 5.41) is 0. The number of alkyl halides is 1. The maximum absolute atomic E-state index is 12.9. The van der Waals surface area contributed by atoms with Gasteiger partial charge in [-0.3, -0.25) is 0 Å². The first-order chi connectivity index (χ1) is 9.79. The maximum atomic E-state index is 12.9. The Bertz CT molecular complexity index is 593. The van der Waals surface area contributed by atoms with E-state index in [2.05, 4.69) is 15.9 Å². The van der Waals surface area contributed by atoms with Crippen molar-refractivity contribution in [3.63, 3.8) is 0 Å². The number of rotatable bonds is 7. The molecule has 0 saturated carbocycles. The molecule has 0 spiro atoms. The zero-order valence-corrected chi connectivity index (χ0v) is 16.7. The van der Waals surface area contributed by atoms with Crippen LogP contribution in [0.3, 0.4) is 0 Å². The van der Waals surface area contributed by atoms with E-state index in [0.29, 0.717) is 15.2 Å². The van der Waals surface area contributed by atoms with Crippen LogP contribution in [0, 0.1) is 6.92 Å². The van der Waals surface area contributed by atoms with Gasteiger partial charge in [-0.15, -0.1) is 11.6 Å². The number of sulfonamides is 1. The van der Waals surface area contributed by atoms with Gasteiger partial charge in [0.25, 0.3) is 0 Å². The molecule has 7 heteroatoms. The monoisotopic (exact) mass is 413 g/mol. The Morgan fingerprint density at radius 3 is 2.52 bits per heavy atom. The summed E-state index contributed by atoms with van der Waals surface area (Å²) >= 11 is 10.9. The summed E-state index contributed by atoms with van der Waals surface area (Å²) in [7, 11) is -1.90. The average molecular weight is 415 g/mol. The van der Waals surface area contributed by atoms with Crippen molar-refractivity contribution in [1.82, 2.24) is 4.31 Å². The summed E-state index contributed by atoms with van der Waals surface area (Å²) in [5.41, 5.74) is 1.68. The van der Waals surface area contributed by atoms with Crippen molar-refractivity contribution in [3.05, 3.63) is 27.7 Å². The Labute approximate surface area is 145 Å². The van der Waals surface area contributed by atoms with Crippen LogP contribution < -0.4 is 0 Å². The molecule has 21 heavy (non-hydrogen) atoms. The van der Waals surface area contributed by atoms with Gasteiger partial charge in [0.05, 0.1) is 4.90 Å². The highest BCUT2D eigenvalue weighted by Crippen LogP contribution is 2.31. The number of nitrogens with zero attached hydrogens (tertiary/aromatic N) is 1. The molecule has 1 unspecified atom stereocenters. The number of hydrogen-bond acceptors (Lipinski definition) is 3. The van der Waals surface area contributed by atoms with Gasteiger partial charge in [0.1, 0.15) is 0 Å². The van der Waals surface area contributed by atoms with E-state index in [1.54, 1.807) is 24.9 Å². The molecule has 1 atom stereocenters. The molecule has 0 aromatic heterocycles. The lowest BCUT2D eigenvalue weighted by molar-refractivity contribution is 0.385. The zero-order chi connectivity index (χ0) is 16.2. The first-order valence-corrected chi connectivity index (χ1v) is 10.8. The van der Waals surface area contributed by atoms with E-state index in [1.165, 1.54) is 4.31 Å². The van der Waals surface area contributed by atoms with Crippen LogP contribution in [0.1, 0.15) is 24.5 Å². The van der Waals surface area contributed by atoms with E-state index in [1.807, 2.05) is 26.2 Å². The molecule has 1 aromatic rings. The van der Waals surface area contributed by atoms with Crippen LogP contribution in [0.15, 0.2) is 21.5 Å². The molecule has 0 amide bonds. The second-order valence-electron chi connectivity index (χ2n) is 4.90. The van der Waals surface area contributed by atoms with Gasteiger partial charge >= 0.3 is 0 Å². The predicted molar refractivity (Wildman–Crippen MR) is 95.8 cm³/mol. The molecule has 0 aliphatic heterocycles. The third-order valence-corrected chi connectivity index (χ3v) is 7.71. The van der Waals surface area contributed by atoms with Gasteiger partial charge in [0.15, 0.2) is 0 Å². The predicted octanol–water partition coefficient (Wildman–Crippen LogP) is 4.26. The number of aryl methyl sites for hydroxylation is 1. The first-order valence-electron chi connectivity index (χ1n) is 6.61.